The van der Waals surface area contributed by atoms with Crippen molar-refractivity contribution in [1.82, 2.24) is 9.88 Å². The van der Waals surface area contributed by atoms with Crippen LogP contribution in [0.25, 0.3) is 10.9 Å². The molecule has 1 aromatic heterocycles. The highest BCUT2D eigenvalue weighted by Crippen LogP contribution is 2.34. The second-order valence-electron chi connectivity index (χ2n) is 7.62. The summed E-state index contributed by atoms with van der Waals surface area (Å²) in [5, 5.41) is 3.82. The number of rotatable bonds is 5. The second-order valence-corrected chi connectivity index (χ2v) is 9.56. The Morgan fingerprint density at radius 2 is 1.71 bits per heavy atom. The summed E-state index contributed by atoms with van der Waals surface area (Å²) in [6.07, 6.45) is 1.63. The number of sulfone groups is 1. The number of urea groups is 1. The van der Waals surface area contributed by atoms with Crippen LogP contribution in [0, 0.1) is 0 Å². The van der Waals surface area contributed by atoms with Gasteiger partial charge in [0.2, 0.25) is 0 Å². The molecule has 0 radical (unpaired) electrons. The van der Waals surface area contributed by atoms with Gasteiger partial charge in [-0.05, 0) is 37.3 Å². The number of para-hydroxylation sites is 1. The summed E-state index contributed by atoms with van der Waals surface area (Å²) < 4.78 is 61.6. The minimum Gasteiger partial charge on any atom is -0.387 e. The summed E-state index contributed by atoms with van der Waals surface area (Å²) in [6, 6.07) is 9.26. The Bertz CT molecular complexity index is 1390. The molecule has 0 aliphatic carbocycles. The molecule has 0 bridgehead atoms. The standard InChI is InChI=1S/C22H19F3N4O4S/c1-13-20(30)29(14-7-9-15(10-8-14)34(32,33)22(23,24)25)21(31)28(13)12-17-16-5-3-4-6-18(16)27-11-19(17)26-2/h3-11,13,26H,12H2,1-2H3. The molecule has 2 heterocycles. The van der Waals surface area contributed by atoms with Crippen molar-refractivity contribution < 1.29 is 31.2 Å². The third-order valence-corrected chi connectivity index (χ3v) is 7.18. The van der Waals surface area contributed by atoms with Gasteiger partial charge in [-0.3, -0.25) is 9.78 Å². The summed E-state index contributed by atoms with van der Waals surface area (Å²) in [6.45, 7) is 1.62. The van der Waals surface area contributed by atoms with Gasteiger partial charge in [-0.2, -0.15) is 13.2 Å². The number of halogens is 3. The van der Waals surface area contributed by atoms with Crippen LogP contribution in [0.4, 0.5) is 29.3 Å². The maximum atomic E-state index is 13.2. The van der Waals surface area contributed by atoms with Crippen molar-refractivity contribution in [3.63, 3.8) is 0 Å². The van der Waals surface area contributed by atoms with Crippen LogP contribution < -0.4 is 10.2 Å². The number of hydrogen-bond acceptors (Lipinski definition) is 6. The van der Waals surface area contributed by atoms with Crippen molar-refractivity contribution >= 4 is 44.1 Å². The topological polar surface area (TPSA) is 99.7 Å². The number of nitrogens with one attached hydrogen (secondary N) is 1. The SMILES string of the molecule is CNc1cnc2ccccc2c1CN1C(=O)N(c2ccc(S(=O)(=O)C(F)(F)F)cc2)C(=O)C1C. The maximum absolute atomic E-state index is 13.2. The van der Waals surface area contributed by atoms with Crippen LogP contribution in [-0.2, 0) is 21.2 Å². The number of fused-ring (bicyclic) bond motifs is 1. The minimum absolute atomic E-state index is 0.0288. The van der Waals surface area contributed by atoms with E-state index in [2.05, 4.69) is 10.3 Å². The number of nitrogens with zero attached hydrogens (tertiary/aromatic N) is 3. The lowest BCUT2D eigenvalue weighted by atomic mass is 10.1. The van der Waals surface area contributed by atoms with E-state index in [1.165, 1.54) is 4.90 Å². The molecule has 178 valence electrons. The zero-order chi connectivity index (χ0) is 24.8. The van der Waals surface area contributed by atoms with Crippen molar-refractivity contribution in [2.24, 2.45) is 0 Å². The van der Waals surface area contributed by atoms with Gasteiger partial charge in [-0.15, -0.1) is 0 Å². The first-order valence-electron chi connectivity index (χ1n) is 10.1. The van der Waals surface area contributed by atoms with Crippen LogP contribution in [0.3, 0.4) is 0 Å². The summed E-state index contributed by atoms with van der Waals surface area (Å²) in [5.41, 5.74) is -3.36. The number of carbonyl (C=O) groups excluding carboxylic acids is 2. The third-order valence-electron chi connectivity index (χ3n) is 5.68. The van der Waals surface area contributed by atoms with E-state index in [1.807, 2.05) is 24.3 Å². The molecule has 2 aromatic carbocycles. The fraction of sp³-hybridized carbons (Fsp3) is 0.227. The van der Waals surface area contributed by atoms with Crippen LogP contribution in [0.2, 0.25) is 0 Å². The predicted molar refractivity (Wildman–Crippen MR) is 119 cm³/mol. The van der Waals surface area contributed by atoms with Crippen LogP contribution in [-0.4, -0.2) is 48.8 Å². The maximum Gasteiger partial charge on any atom is 0.501 e. The zero-order valence-electron chi connectivity index (χ0n) is 18.0. The smallest absolute Gasteiger partial charge is 0.387 e. The van der Waals surface area contributed by atoms with E-state index < -0.39 is 38.2 Å². The number of alkyl halides is 3. The van der Waals surface area contributed by atoms with Crippen molar-refractivity contribution in [3.05, 3.63) is 60.3 Å². The molecule has 1 aliphatic rings. The van der Waals surface area contributed by atoms with E-state index >= 15 is 0 Å². The Morgan fingerprint density at radius 3 is 2.32 bits per heavy atom. The molecular weight excluding hydrogens is 473 g/mol. The van der Waals surface area contributed by atoms with Crippen LogP contribution in [0.5, 0.6) is 0 Å². The highest BCUT2D eigenvalue weighted by atomic mass is 32.2. The lowest BCUT2D eigenvalue weighted by Crippen LogP contribution is -2.33. The highest BCUT2D eigenvalue weighted by molar-refractivity contribution is 7.92. The molecule has 1 unspecified atom stereocenters. The first kappa shape index (κ1) is 23.5. The normalized spacial score (nSPS) is 17.0. The molecule has 8 nitrogen and oxygen atoms in total. The Kier molecular flexibility index (Phi) is 5.72. The van der Waals surface area contributed by atoms with Gasteiger partial charge in [0.05, 0.1) is 34.5 Å². The fourth-order valence-electron chi connectivity index (χ4n) is 3.81. The number of anilines is 2. The molecule has 1 aliphatic heterocycles. The number of pyridine rings is 1. The number of imide groups is 1. The Hall–Kier alpha value is -3.67. The van der Waals surface area contributed by atoms with Crippen molar-refractivity contribution in [2.75, 3.05) is 17.3 Å². The van der Waals surface area contributed by atoms with Crippen molar-refractivity contribution in [3.8, 4) is 0 Å². The predicted octanol–water partition coefficient (Wildman–Crippen LogP) is 3.93. The number of hydrogen-bond donors (Lipinski definition) is 1. The minimum atomic E-state index is -5.55. The molecule has 1 N–H and O–H groups in total. The molecule has 1 fully saturated rings. The largest absolute Gasteiger partial charge is 0.501 e. The average Bonchev–Trinajstić information content (AvgIpc) is 3.01. The second kappa shape index (κ2) is 8.28. The number of aromatic nitrogens is 1. The van der Waals surface area contributed by atoms with Crippen molar-refractivity contribution in [2.45, 2.75) is 29.9 Å². The lowest BCUT2D eigenvalue weighted by Gasteiger charge is -2.22. The molecular formula is C22H19F3N4O4S. The summed E-state index contributed by atoms with van der Waals surface area (Å²) in [7, 11) is -3.84. The van der Waals surface area contributed by atoms with Gasteiger partial charge in [0, 0.05) is 18.0 Å². The number of benzene rings is 2. The van der Waals surface area contributed by atoms with Crippen LogP contribution in [0.15, 0.2) is 59.6 Å². The molecule has 12 heteroatoms. The quantitative estimate of drug-likeness (QED) is 0.542. The van der Waals surface area contributed by atoms with Gasteiger partial charge in [0.1, 0.15) is 6.04 Å². The van der Waals surface area contributed by atoms with E-state index in [0.29, 0.717) is 11.2 Å². The molecule has 1 saturated heterocycles. The summed E-state index contributed by atoms with van der Waals surface area (Å²) in [5.74, 6) is -0.583. The molecule has 4 rings (SSSR count). The molecule has 34 heavy (non-hydrogen) atoms. The molecule has 3 amide bonds. The van der Waals surface area contributed by atoms with Crippen LogP contribution in [0.1, 0.15) is 12.5 Å². The lowest BCUT2D eigenvalue weighted by molar-refractivity contribution is -0.119. The number of amides is 3. The van der Waals surface area contributed by atoms with E-state index in [0.717, 1.165) is 40.1 Å². The molecule has 3 aromatic rings. The zero-order valence-corrected chi connectivity index (χ0v) is 18.8. The Balaban J connectivity index is 1.67. The third kappa shape index (κ3) is 3.73. The summed E-state index contributed by atoms with van der Waals surface area (Å²) in [4.78, 5) is 31.7. The fourth-order valence-corrected chi connectivity index (χ4v) is 4.58. The van der Waals surface area contributed by atoms with Crippen LogP contribution >= 0.6 is 0 Å². The van der Waals surface area contributed by atoms with Gasteiger partial charge in [-0.25, -0.2) is 18.1 Å². The van der Waals surface area contributed by atoms with E-state index in [9.17, 15) is 31.2 Å². The van der Waals surface area contributed by atoms with E-state index in [-0.39, 0.29) is 12.2 Å². The van der Waals surface area contributed by atoms with E-state index in [4.69, 9.17) is 0 Å². The van der Waals surface area contributed by atoms with Gasteiger partial charge in [0.15, 0.2) is 0 Å². The Labute approximate surface area is 192 Å². The average molecular weight is 492 g/mol. The molecule has 1 atom stereocenters. The number of carbonyl (C=O) groups is 2. The van der Waals surface area contributed by atoms with Gasteiger partial charge < -0.3 is 10.2 Å². The highest BCUT2D eigenvalue weighted by Gasteiger charge is 2.47. The Morgan fingerprint density at radius 1 is 1.06 bits per heavy atom. The van der Waals surface area contributed by atoms with Crippen molar-refractivity contribution in [1.29, 1.82) is 0 Å². The first-order chi connectivity index (χ1) is 16.0. The van der Waals surface area contributed by atoms with Gasteiger partial charge in [0.25, 0.3) is 15.7 Å². The molecule has 0 saturated carbocycles. The summed E-state index contributed by atoms with van der Waals surface area (Å²) >= 11 is 0. The first-order valence-corrected chi connectivity index (χ1v) is 11.6. The van der Waals surface area contributed by atoms with E-state index in [1.54, 1.807) is 20.2 Å². The monoisotopic (exact) mass is 492 g/mol. The molecule has 0 spiro atoms. The van der Waals surface area contributed by atoms with Gasteiger partial charge >= 0.3 is 11.5 Å². The van der Waals surface area contributed by atoms with Gasteiger partial charge in [-0.1, -0.05) is 18.2 Å².